The van der Waals surface area contributed by atoms with Crippen molar-refractivity contribution in [2.45, 2.75) is 87.9 Å². The molecule has 13 nitrogen and oxygen atoms in total. The van der Waals surface area contributed by atoms with Gasteiger partial charge in [-0.15, -0.1) is 0 Å². The zero-order chi connectivity index (χ0) is 28.7. The summed E-state index contributed by atoms with van der Waals surface area (Å²) < 4.78 is 62.9. The summed E-state index contributed by atoms with van der Waals surface area (Å²) in [5.74, 6) is 0. The fourth-order valence-corrected chi connectivity index (χ4v) is 14.3. The van der Waals surface area contributed by atoms with Gasteiger partial charge >= 0.3 is 30.4 Å². The average Bonchev–Trinajstić information content (AvgIpc) is 2.56. The summed E-state index contributed by atoms with van der Waals surface area (Å²) in [6.07, 6.45) is -3.42. The maximum absolute atomic E-state index is 13.7. The third kappa shape index (κ3) is 8.41. The third-order valence-electron chi connectivity index (χ3n) is 7.21. The molecule has 0 aliphatic heterocycles. The summed E-state index contributed by atoms with van der Waals surface area (Å²) in [5, 5.41) is -8.21. The summed E-state index contributed by atoms with van der Waals surface area (Å²) >= 11 is 0. The van der Waals surface area contributed by atoms with Gasteiger partial charge < -0.3 is 43.7 Å². The van der Waals surface area contributed by atoms with Gasteiger partial charge in [-0.25, -0.2) is 0 Å². The van der Waals surface area contributed by atoms with Crippen LogP contribution in [0.3, 0.4) is 0 Å². The van der Waals surface area contributed by atoms with Crippen molar-refractivity contribution in [3.8, 4) is 0 Å². The van der Waals surface area contributed by atoms with E-state index in [1.807, 2.05) is 0 Å². The standard InChI is InChI=1S/C17H41O13P5/c1-8-14(3,32(19,20)21)10-16(5,34(25,26)27)12-31(7,18)13-17(6,35(28,29)30)11-15(4,9-2)33(22,23)24/h8-13H2,1-7H3,(H2,19,20,21)(H2,22,23,24)(H2,25,26,27)(H2,28,29,30). The molecule has 0 aliphatic carbocycles. The van der Waals surface area contributed by atoms with Crippen LogP contribution in [-0.2, 0) is 22.8 Å². The Kier molecular flexibility index (Phi) is 11.0. The highest BCUT2D eigenvalue weighted by atomic mass is 31.2. The minimum absolute atomic E-state index is 0.168. The van der Waals surface area contributed by atoms with Gasteiger partial charge in [0.25, 0.3) is 0 Å². The molecule has 0 heterocycles. The van der Waals surface area contributed by atoms with E-state index in [1.165, 1.54) is 13.8 Å². The molecule has 0 fully saturated rings. The van der Waals surface area contributed by atoms with Crippen molar-refractivity contribution in [1.82, 2.24) is 0 Å². The molecule has 0 amide bonds. The van der Waals surface area contributed by atoms with E-state index < -0.39 is 83.3 Å². The van der Waals surface area contributed by atoms with Gasteiger partial charge in [-0.1, -0.05) is 13.8 Å². The van der Waals surface area contributed by atoms with E-state index in [0.717, 1.165) is 34.4 Å². The van der Waals surface area contributed by atoms with Gasteiger partial charge in [-0.05, 0) is 60.0 Å². The highest BCUT2D eigenvalue weighted by molar-refractivity contribution is 7.66. The highest BCUT2D eigenvalue weighted by Gasteiger charge is 2.58. The van der Waals surface area contributed by atoms with Gasteiger partial charge in [-0.2, -0.15) is 0 Å². The topological polar surface area (TPSA) is 247 Å². The van der Waals surface area contributed by atoms with Gasteiger partial charge in [0.05, 0.1) is 27.8 Å². The van der Waals surface area contributed by atoms with E-state index in [1.54, 1.807) is 0 Å². The molecular weight excluding hydrogens is 567 g/mol. The predicted octanol–water partition coefficient (Wildman–Crippen LogP) is 3.33. The molecule has 0 saturated carbocycles. The van der Waals surface area contributed by atoms with Crippen molar-refractivity contribution in [3.63, 3.8) is 0 Å². The van der Waals surface area contributed by atoms with E-state index >= 15 is 0 Å². The minimum atomic E-state index is -5.18. The molecule has 0 spiro atoms. The fraction of sp³-hybridized carbons (Fsp3) is 1.00. The molecule has 4 unspecified atom stereocenters. The van der Waals surface area contributed by atoms with Crippen LogP contribution in [0.2, 0.25) is 0 Å². The van der Waals surface area contributed by atoms with Crippen LogP contribution in [0.15, 0.2) is 0 Å². The summed E-state index contributed by atoms with van der Waals surface area (Å²) in [6.45, 7) is 8.24. The van der Waals surface area contributed by atoms with E-state index in [4.69, 9.17) is 0 Å². The Balaban J connectivity index is 6.62. The molecule has 0 aromatic rings. The lowest BCUT2D eigenvalue weighted by molar-refractivity contribution is 0.284. The number of rotatable bonds is 14. The van der Waals surface area contributed by atoms with Crippen LogP contribution in [0.25, 0.3) is 0 Å². The van der Waals surface area contributed by atoms with Crippen molar-refractivity contribution >= 4 is 37.5 Å². The van der Waals surface area contributed by atoms with Gasteiger partial charge in [0, 0.05) is 12.3 Å². The Hall–Kier alpha value is 0.830. The zero-order valence-electron chi connectivity index (χ0n) is 21.1. The van der Waals surface area contributed by atoms with E-state index in [2.05, 4.69) is 0 Å². The SMILES string of the molecule is CCC(C)(CC(C)(CP(C)(=O)CC(C)(CC(C)(CC)P(=O)(O)O)P(=O)(O)O)P(=O)(O)O)P(=O)(O)O. The summed E-state index contributed by atoms with van der Waals surface area (Å²) in [4.78, 5) is 79.6. The average molecular weight is 608 g/mol. The number of hydrogen-bond donors (Lipinski definition) is 8. The first-order chi connectivity index (χ1) is 14.9. The van der Waals surface area contributed by atoms with Crippen molar-refractivity contribution < 1.29 is 62.0 Å². The lowest BCUT2D eigenvalue weighted by Gasteiger charge is -2.43. The van der Waals surface area contributed by atoms with Crippen molar-refractivity contribution in [1.29, 1.82) is 0 Å². The van der Waals surface area contributed by atoms with Crippen molar-refractivity contribution in [2.24, 2.45) is 0 Å². The van der Waals surface area contributed by atoms with Gasteiger partial charge in [0.1, 0.15) is 0 Å². The first-order valence-electron chi connectivity index (χ1n) is 10.7. The smallest absolute Gasteiger partial charge is 0.324 e. The fourth-order valence-electron chi connectivity index (χ4n) is 4.51. The van der Waals surface area contributed by atoms with Gasteiger partial charge in [0.15, 0.2) is 0 Å². The van der Waals surface area contributed by atoms with E-state index in [-0.39, 0.29) is 12.8 Å². The molecule has 0 bridgehead atoms. The molecule has 18 heteroatoms. The molecule has 35 heavy (non-hydrogen) atoms. The normalized spacial score (nSPS) is 22.8. The Morgan fingerprint density at radius 2 is 0.686 bits per heavy atom. The van der Waals surface area contributed by atoms with Crippen LogP contribution >= 0.6 is 37.5 Å². The second-order valence-electron chi connectivity index (χ2n) is 10.8. The molecule has 0 radical (unpaired) electrons. The monoisotopic (exact) mass is 608 g/mol. The molecule has 8 N–H and O–H groups in total. The molecule has 0 rings (SSSR count). The van der Waals surface area contributed by atoms with E-state index in [9.17, 15) is 62.0 Å². The molecular formula is C17H41O13P5. The maximum Gasteiger partial charge on any atom is 0.331 e. The minimum Gasteiger partial charge on any atom is -0.324 e. The molecule has 0 aromatic carbocycles. The second-order valence-corrected chi connectivity index (χ2v) is 22.7. The van der Waals surface area contributed by atoms with Crippen LogP contribution in [0, 0.1) is 0 Å². The Labute approximate surface area is 206 Å². The van der Waals surface area contributed by atoms with Crippen molar-refractivity contribution in [2.75, 3.05) is 19.0 Å². The number of hydrogen-bond acceptors (Lipinski definition) is 5. The Bertz CT molecular complexity index is 932. The summed E-state index contributed by atoms with van der Waals surface area (Å²) in [5.41, 5.74) is 0. The second kappa shape index (κ2) is 10.8. The largest absolute Gasteiger partial charge is 0.331 e. The summed E-state index contributed by atoms with van der Waals surface area (Å²) in [6, 6.07) is 0. The molecule has 212 valence electrons. The van der Waals surface area contributed by atoms with Crippen LogP contribution in [0.5, 0.6) is 0 Å². The molecule has 4 atom stereocenters. The van der Waals surface area contributed by atoms with Gasteiger partial charge in [-0.3, -0.25) is 18.3 Å². The van der Waals surface area contributed by atoms with Crippen LogP contribution in [0.1, 0.15) is 67.2 Å². The molecule has 0 saturated heterocycles. The Morgan fingerprint density at radius 3 is 0.829 bits per heavy atom. The maximum atomic E-state index is 13.7. The van der Waals surface area contributed by atoms with Crippen LogP contribution in [0.4, 0.5) is 0 Å². The lowest BCUT2D eigenvalue weighted by atomic mass is 9.94. The first kappa shape index (κ1) is 35.8. The molecule has 0 aliphatic rings. The predicted molar refractivity (Wildman–Crippen MR) is 135 cm³/mol. The van der Waals surface area contributed by atoms with Crippen molar-refractivity contribution in [3.05, 3.63) is 0 Å². The Morgan fingerprint density at radius 1 is 0.486 bits per heavy atom. The van der Waals surface area contributed by atoms with Gasteiger partial charge in [0.2, 0.25) is 0 Å². The third-order valence-corrected chi connectivity index (χ3v) is 17.6. The molecule has 0 aromatic heterocycles. The summed E-state index contributed by atoms with van der Waals surface area (Å²) in [7, 11) is -24.0. The van der Waals surface area contributed by atoms with E-state index in [0.29, 0.717) is 0 Å². The lowest BCUT2D eigenvalue weighted by Crippen LogP contribution is -2.43. The first-order valence-corrected chi connectivity index (χ1v) is 19.7. The van der Waals surface area contributed by atoms with Crippen LogP contribution in [-0.4, -0.2) is 78.8 Å². The van der Waals surface area contributed by atoms with Crippen LogP contribution < -0.4 is 0 Å². The zero-order valence-corrected chi connectivity index (χ0v) is 25.6. The highest BCUT2D eigenvalue weighted by Crippen LogP contribution is 2.69. The quantitative estimate of drug-likeness (QED) is 0.132.